The minimum atomic E-state index is 0.140. The molecule has 1 aliphatic heterocycles. The van der Waals surface area contributed by atoms with Gasteiger partial charge >= 0.3 is 6.03 Å². The Morgan fingerprint density at radius 1 is 1.25 bits per heavy atom. The molecule has 4 nitrogen and oxygen atoms in total. The van der Waals surface area contributed by atoms with E-state index in [0.717, 1.165) is 39.0 Å². The molecule has 1 heterocycles. The molecule has 2 rings (SSSR count). The van der Waals surface area contributed by atoms with Gasteiger partial charge in [0.15, 0.2) is 0 Å². The van der Waals surface area contributed by atoms with Gasteiger partial charge in [0, 0.05) is 32.8 Å². The van der Waals surface area contributed by atoms with Crippen LogP contribution in [0.3, 0.4) is 0 Å². The third-order valence-corrected chi connectivity index (χ3v) is 5.11. The Hall–Kier alpha value is -0.770. The van der Waals surface area contributed by atoms with Crippen LogP contribution in [0.15, 0.2) is 0 Å². The lowest BCUT2D eigenvalue weighted by Crippen LogP contribution is -2.53. The van der Waals surface area contributed by atoms with Gasteiger partial charge in [0.05, 0.1) is 0 Å². The number of nitrogens with zero attached hydrogens (tertiary/aromatic N) is 1. The summed E-state index contributed by atoms with van der Waals surface area (Å²) in [4.78, 5) is 14.4. The molecular weight excluding hydrogens is 252 g/mol. The van der Waals surface area contributed by atoms with E-state index in [-0.39, 0.29) is 11.4 Å². The van der Waals surface area contributed by atoms with E-state index < -0.39 is 0 Å². The van der Waals surface area contributed by atoms with E-state index in [2.05, 4.69) is 19.2 Å². The quantitative estimate of drug-likeness (QED) is 0.864. The maximum absolute atomic E-state index is 12.4. The zero-order valence-corrected chi connectivity index (χ0v) is 13.3. The van der Waals surface area contributed by atoms with Gasteiger partial charge in [-0.15, -0.1) is 0 Å². The monoisotopic (exact) mass is 282 g/mol. The van der Waals surface area contributed by atoms with Gasteiger partial charge in [-0.1, -0.05) is 26.7 Å². The molecule has 0 radical (unpaired) electrons. The molecule has 0 aromatic carbocycles. The maximum atomic E-state index is 12.4. The number of piperidine rings is 1. The number of rotatable bonds is 3. The van der Waals surface area contributed by atoms with Crippen molar-refractivity contribution in [3.63, 3.8) is 0 Å². The zero-order chi connectivity index (χ0) is 14.6. The summed E-state index contributed by atoms with van der Waals surface area (Å²) in [5.74, 6) is 0.621. The topological polar surface area (TPSA) is 41.6 Å². The highest BCUT2D eigenvalue weighted by Crippen LogP contribution is 2.35. The molecule has 20 heavy (non-hydrogen) atoms. The Bertz CT molecular complexity index is 322. The number of carbonyl (C=O) groups is 1. The fraction of sp³-hybridized carbons (Fsp3) is 0.938. The second-order valence-electron chi connectivity index (χ2n) is 7.12. The highest BCUT2D eigenvalue weighted by molar-refractivity contribution is 5.74. The van der Waals surface area contributed by atoms with E-state index in [1.807, 2.05) is 4.90 Å². The molecule has 0 aromatic rings. The highest BCUT2D eigenvalue weighted by Gasteiger charge is 2.34. The molecule has 4 heteroatoms. The highest BCUT2D eigenvalue weighted by atomic mass is 16.5. The van der Waals surface area contributed by atoms with Gasteiger partial charge in [0.25, 0.3) is 0 Å². The van der Waals surface area contributed by atoms with Crippen LogP contribution in [0.4, 0.5) is 4.79 Å². The van der Waals surface area contributed by atoms with Gasteiger partial charge in [-0.25, -0.2) is 4.79 Å². The predicted octanol–water partition coefficient (Wildman–Crippen LogP) is 3.02. The van der Waals surface area contributed by atoms with E-state index in [4.69, 9.17) is 4.74 Å². The van der Waals surface area contributed by atoms with Crippen LogP contribution in [0.2, 0.25) is 0 Å². The Balaban J connectivity index is 1.80. The van der Waals surface area contributed by atoms with Gasteiger partial charge in [-0.05, 0) is 37.0 Å². The molecule has 0 bridgehead atoms. The van der Waals surface area contributed by atoms with E-state index in [1.165, 1.54) is 19.3 Å². The van der Waals surface area contributed by atoms with Crippen molar-refractivity contribution in [3.05, 3.63) is 0 Å². The normalized spacial score (nSPS) is 27.4. The van der Waals surface area contributed by atoms with Gasteiger partial charge < -0.3 is 15.0 Å². The van der Waals surface area contributed by atoms with E-state index in [0.29, 0.717) is 12.0 Å². The summed E-state index contributed by atoms with van der Waals surface area (Å²) in [6.07, 6.45) is 7.00. The number of hydrogen-bond donors (Lipinski definition) is 1. The summed E-state index contributed by atoms with van der Waals surface area (Å²) >= 11 is 0. The van der Waals surface area contributed by atoms with Crippen LogP contribution in [0.1, 0.15) is 52.4 Å². The average molecular weight is 282 g/mol. The molecule has 1 aliphatic carbocycles. The first-order valence-corrected chi connectivity index (χ1v) is 8.07. The summed E-state index contributed by atoms with van der Waals surface area (Å²) in [6.45, 7) is 7.12. The molecule has 2 fully saturated rings. The first kappa shape index (κ1) is 15.6. The Morgan fingerprint density at radius 2 is 1.95 bits per heavy atom. The number of hydrogen-bond acceptors (Lipinski definition) is 2. The van der Waals surface area contributed by atoms with Crippen LogP contribution in [0, 0.1) is 11.3 Å². The average Bonchev–Trinajstić information content (AvgIpc) is 2.42. The van der Waals surface area contributed by atoms with Crippen LogP contribution >= 0.6 is 0 Å². The Labute approximate surface area is 123 Å². The summed E-state index contributed by atoms with van der Waals surface area (Å²) in [5.41, 5.74) is 0.238. The molecule has 1 atom stereocenters. The fourth-order valence-electron chi connectivity index (χ4n) is 3.54. The largest absolute Gasteiger partial charge is 0.384 e. The fourth-order valence-corrected chi connectivity index (χ4v) is 3.54. The van der Waals surface area contributed by atoms with Crippen molar-refractivity contribution in [1.29, 1.82) is 0 Å². The summed E-state index contributed by atoms with van der Waals surface area (Å²) in [5, 5.41) is 3.28. The molecule has 1 N–H and O–H groups in total. The van der Waals surface area contributed by atoms with Gasteiger partial charge in [-0.3, -0.25) is 0 Å². The van der Waals surface area contributed by atoms with Crippen molar-refractivity contribution in [2.24, 2.45) is 11.3 Å². The lowest BCUT2D eigenvalue weighted by atomic mass is 9.73. The molecule has 0 spiro atoms. The molecule has 0 aromatic heterocycles. The summed E-state index contributed by atoms with van der Waals surface area (Å²) in [6, 6.07) is 0.473. The number of urea groups is 1. The van der Waals surface area contributed by atoms with Crippen LogP contribution < -0.4 is 5.32 Å². The van der Waals surface area contributed by atoms with Crippen LogP contribution in [-0.2, 0) is 4.74 Å². The minimum Gasteiger partial charge on any atom is -0.384 e. The van der Waals surface area contributed by atoms with Crippen molar-refractivity contribution in [2.45, 2.75) is 58.4 Å². The number of nitrogens with one attached hydrogen (secondary N) is 1. The molecule has 116 valence electrons. The molecule has 1 saturated heterocycles. The van der Waals surface area contributed by atoms with Gasteiger partial charge in [-0.2, -0.15) is 0 Å². The number of methoxy groups -OCH3 is 1. The first-order chi connectivity index (χ1) is 9.53. The van der Waals surface area contributed by atoms with Crippen LogP contribution in [0.25, 0.3) is 0 Å². The van der Waals surface area contributed by atoms with Crippen molar-refractivity contribution < 1.29 is 9.53 Å². The SMILES string of the molecule is COCC1CCN(C(=O)NC2CCCCC2(C)C)CC1. The van der Waals surface area contributed by atoms with Gasteiger partial charge in [0.1, 0.15) is 0 Å². The third-order valence-electron chi connectivity index (χ3n) is 5.11. The Kier molecular flexibility index (Phi) is 5.30. The standard InChI is InChI=1S/C16H30N2O2/c1-16(2)9-5-4-6-14(16)17-15(19)18-10-7-13(8-11-18)12-20-3/h13-14H,4-12H2,1-3H3,(H,17,19). The second-order valence-corrected chi connectivity index (χ2v) is 7.12. The zero-order valence-electron chi connectivity index (χ0n) is 13.3. The van der Waals surface area contributed by atoms with Crippen LogP contribution in [-0.4, -0.2) is 43.8 Å². The lowest BCUT2D eigenvalue weighted by molar-refractivity contribution is 0.101. The van der Waals surface area contributed by atoms with Crippen molar-refractivity contribution in [1.82, 2.24) is 10.2 Å². The molecule has 2 amide bonds. The van der Waals surface area contributed by atoms with Crippen molar-refractivity contribution in [3.8, 4) is 0 Å². The van der Waals surface area contributed by atoms with Gasteiger partial charge in [0.2, 0.25) is 0 Å². The first-order valence-electron chi connectivity index (χ1n) is 8.07. The van der Waals surface area contributed by atoms with E-state index >= 15 is 0 Å². The number of ether oxygens (including phenoxy) is 1. The second kappa shape index (κ2) is 6.79. The molecule has 1 unspecified atom stereocenters. The smallest absolute Gasteiger partial charge is 0.317 e. The maximum Gasteiger partial charge on any atom is 0.317 e. The Morgan fingerprint density at radius 3 is 2.55 bits per heavy atom. The molecular formula is C16H30N2O2. The summed E-state index contributed by atoms with van der Waals surface area (Å²) in [7, 11) is 1.75. The van der Waals surface area contributed by atoms with Crippen molar-refractivity contribution in [2.75, 3.05) is 26.8 Å². The summed E-state index contributed by atoms with van der Waals surface area (Å²) < 4.78 is 5.21. The number of likely N-dealkylation sites (tertiary alicyclic amines) is 1. The van der Waals surface area contributed by atoms with E-state index in [1.54, 1.807) is 7.11 Å². The van der Waals surface area contributed by atoms with Crippen LogP contribution in [0.5, 0.6) is 0 Å². The predicted molar refractivity (Wildman–Crippen MR) is 80.7 cm³/mol. The minimum absolute atomic E-state index is 0.140. The number of carbonyl (C=O) groups excluding carboxylic acids is 1. The van der Waals surface area contributed by atoms with Crippen molar-refractivity contribution >= 4 is 6.03 Å². The third kappa shape index (κ3) is 3.87. The molecule has 2 aliphatic rings. The number of amides is 2. The molecule has 1 saturated carbocycles. The van der Waals surface area contributed by atoms with E-state index in [9.17, 15) is 4.79 Å². The lowest BCUT2D eigenvalue weighted by Gasteiger charge is -2.41.